The van der Waals surface area contributed by atoms with Crippen LogP contribution < -0.4 is 0 Å². The van der Waals surface area contributed by atoms with Crippen molar-refractivity contribution in [2.24, 2.45) is 4.40 Å². The van der Waals surface area contributed by atoms with Gasteiger partial charge in [-0.25, -0.2) is 0 Å². The predicted octanol–water partition coefficient (Wildman–Crippen LogP) is 2.28. The molecule has 3 nitrogen and oxygen atoms in total. The second kappa shape index (κ2) is 3.98. The second-order valence-electron chi connectivity index (χ2n) is 3.22. The molecule has 5 heteroatoms. The van der Waals surface area contributed by atoms with Crippen molar-refractivity contribution >= 4 is 26.8 Å². The van der Waals surface area contributed by atoms with Crippen LogP contribution in [-0.4, -0.2) is 19.2 Å². The van der Waals surface area contributed by atoms with E-state index in [0.29, 0.717) is 9.94 Å². The van der Waals surface area contributed by atoms with E-state index in [1.54, 1.807) is 18.2 Å². The van der Waals surface area contributed by atoms with Crippen LogP contribution >= 0.6 is 11.8 Å². The zero-order chi connectivity index (χ0) is 10.9. The number of rotatable bonds is 2. The summed E-state index contributed by atoms with van der Waals surface area (Å²) in [5.41, 5.74) is 0.746. The van der Waals surface area contributed by atoms with Gasteiger partial charge in [-0.05, 0) is 18.2 Å². The predicted molar refractivity (Wildman–Crippen MR) is 62.9 cm³/mol. The Morgan fingerprint density at radius 2 is 2.07 bits per heavy atom. The highest BCUT2D eigenvalue weighted by molar-refractivity contribution is 8.15. The number of hydrogen-bond acceptors (Lipinski definition) is 3. The van der Waals surface area contributed by atoms with E-state index in [0.717, 1.165) is 17.7 Å². The fraction of sp³-hybridized carbons (Fsp3) is 0.300. The third-order valence-electron chi connectivity index (χ3n) is 2.04. The van der Waals surface area contributed by atoms with Crippen LogP contribution in [0.5, 0.6) is 0 Å². The molecular weight excluding hydrogens is 230 g/mol. The molecule has 0 unspecified atom stereocenters. The summed E-state index contributed by atoms with van der Waals surface area (Å²) in [6, 6.07) is 6.97. The van der Waals surface area contributed by atoms with Gasteiger partial charge >= 0.3 is 0 Å². The Morgan fingerprint density at radius 1 is 1.33 bits per heavy atom. The molecule has 2 rings (SSSR count). The van der Waals surface area contributed by atoms with E-state index in [-0.39, 0.29) is 0 Å². The van der Waals surface area contributed by atoms with E-state index in [1.165, 1.54) is 11.8 Å². The van der Waals surface area contributed by atoms with Crippen LogP contribution in [0.15, 0.2) is 33.6 Å². The zero-order valence-corrected chi connectivity index (χ0v) is 9.94. The molecule has 0 N–H and O–H groups in total. The van der Waals surface area contributed by atoms with Crippen LogP contribution in [0.3, 0.4) is 0 Å². The molecule has 0 aromatic heterocycles. The summed E-state index contributed by atoms with van der Waals surface area (Å²) in [4.78, 5) is 0.337. The van der Waals surface area contributed by atoms with Crippen molar-refractivity contribution < 1.29 is 8.42 Å². The molecule has 1 aliphatic rings. The average molecular weight is 241 g/mol. The van der Waals surface area contributed by atoms with Crippen molar-refractivity contribution in [3.05, 3.63) is 29.8 Å². The van der Waals surface area contributed by atoms with Gasteiger partial charge in [0.2, 0.25) is 0 Å². The summed E-state index contributed by atoms with van der Waals surface area (Å²) in [5.74, 6) is 0.892. The number of nitrogens with zero attached hydrogens (tertiary/aromatic N) is 1. The first-order valence-electron chi connectivity index (χ1n) is 4.72. The fourth-order valence-electron chi connectivity index (χ4n) is 1.38. The monoisotopic (exact) mass is 241 g/mol. The molecule has 0 atom stereocenters. The molecule has 15 heavy (non-hydrogen) atoms. The topological polar surface area (TPSA) is 46.5 Å². The van der Waals surface area contributed by atoms with Crippen molar-refractivity contribution in [1.29, 1.82) is 0 Å². The summed E-state index contributed by atoms with van der Waals surface area (Å²) >= 11 is 1.50. The molecule has 0 amide bonds. The number of hydrogen-bond donors (Lipinski definition) is 0. The molecule has 80 valence electrons. The first-order valence-corrected chi connectivity index (χ1v) is 7.15. The van der Waals surface area contributed by atoms with E-state index in [2.05, 4.69) is 11.3 Å². The Kier molecular flexibility index (Phi) is 2.84. The highest BCUT2D eigenvalue weighted by atomic mass is 32.2. The van der Waals surface area contributed by atoms with E-state index < -0.39 is 10.0 Å². The molecule has 1 aromatic rings. The normalized spacial score (nSPS) is 17.3. The molecule has 1 heterocycles. The van der Waals surface area contributed by atoms with Gasteiger partial charge in [0.25, 0.3) is 10.0 Å². The van der Waals surface area contributed by atoms with Crippen molar-refractivity contribution in [1.82, 2.24) is 0 Å². The molecule has 0 saturated carbocycles. The van der Waals surface area contributed by atoms with Crippen LogP contribution in [0.1, 0.15) is 18.9 Å². The molecule has 1 aliphatic heterocycles. The summed E-state index contributed by atoms with van der Waals surface area (Å²) in [5, 5.41) is 0.632. The largest absolute Gasteiger partial charge is 0.284 e. The van der Waals surface area contributed by atoms with Gasteiger partial charge in [0.05, 0.1) is 4.90 Å². The lowest BCUT2D eigenvalue weighted by atomic mass is 10.2. The van der Waals surface area contributed by atoms with Crippen LogP contribution in [0.25, 0.3) is 0 Å². The van der Waals surface area contributed by atoms with Crippen LogP contribution in [0, 0.1) is 0 Å². The lowest BCUT2D eigenvalue weighted by molar-refractivity contribution is 0.599. The number of fused-ring (bicyclic) bond motifs is 1. The van der Waals surface area contributed by atoms with Crippen LogP contribution in [0.4, 0.5) is 0 Å². The third kappa shape index (κ3) is 1.94. The Balaban J connectivity index is 2.44. The molecule has 0 spiro atoms. The maximum atomic E-state index is 11.6. The summed E-state index contributed by atoms with van der Waals surface area (Å²) in [6.45, 7) is 2.06. The van der Waals surface area contributed by atoms with Crippen molar-refractivity contribution in [3.63, 3.8) is 0 Å². The van der Waals surface area contributed by atoms with Gasteiger partial charge in [-0.1, -0.05) is 25.1 Å². The second-order valence-corrected chi connectivity index (χ2v) is 5.87. The van der Waals surface area contributed by atoms with Crippen molar-refractivity contribution in [3.8, 4) is 0 Å². The Bertz CT molecular complexity index is 506. The molecule has 1 aromatic carbocycles. The van der Waals surface area contributed by atoms with E-state index in [9.17, 15) is 8.42 Å². The fourth-order valence-corrected chi connectivity index (χ4v) is 3.79. The first-order chi connectivity index (χ1) is 7.15. The van der Waals surface area contributed by atoms with Crippen molar-refractivity contribution in [2.75, 3.05) is 5.75 Å². The zero-order valence-electron chi connectivity index (χ0n) is 8.30. The van der Waals surface area contributed by atoms with Crippen LogP contribution in [-0.2, 0) is 10.0 Å². The van der Waals surface area contributed by atoms with Crippen LogP contribution in [0.2, 0.25) is 0 Å². The lowest BCUT2D eigenvalue weighted by Gasteiger charge is -1.99. The van der Waals surface area contributed by atoms with E-state index in [1.807, 2.05) is 6.07 Å². The molecule has 0 bridgehead atoms. The molecule has 0 aliphatic carbocycles. The molecular formula is C10H11NO2S2. The van der Waals surface area contributed by atoms with Gasteiger partial charge in [0.1, 0.15) is 5.04 Å². The highest BCUT2D eigenvalue weighted by Gasteiger charge is 2.27. The molecule has 0 radical (unpaired) electrons. The smallest absolute Gasteiger partial charge is 0.199 e. The van der Waals surface area contributed by atoms with Crippen molar-refractivity contribution in [2.45, 2.75) is 18.2 Å². The van der Waals surface area contributed by atoms with E-state index >= 15 is 0 Å². The minimum Gasteiger partial charge on any atom is -0.199 e. The third-order valence-corrected chi connectivity index (χ3v) is 4.69. The van der Waals surface area contributed by atoms with Gasteiger partial charge in [-0.3, -0.25) is 0 Å². The summed E-state index contributed by atoms with van der Waals surface area (Å²) in [7, 11) is -3.42. The molecule has 0 saturated heterocycles. The summed E-state index contributed by atoms with van der Waals surface area (Å²) in [6.07, 6.45) is 1.01. The minimum absolute atomic E-state index is 0.337. The number of benzene rings is 1. The lowest BCUT2D eigenvalue weighted by Crippen LogP contribution is -1.94. The minimum atomic E-state index is -3.42. The van der Waals surface area contributed by atoms with E-state index in [4.69, 9.17) is 0 Å². The van der Waals surface area contributed by atoms with Gasteiger partial charge in [-0.15, -0.1) is 11.8 Å². The summed E-state index contributed by atoms with van der Waals surface area (Å²) < 4.78 is 27.0. The SMILES string of the molecule is CCCSC1=NS(=O)(=O)c2ccccc21. The highest BCUT2D eigenvalue weighted by Crippen LogP contribution is 2.30. The van der Waals surface area contributed by atoms with Gasteiger partial charge in [0.15, 0.2) is 0 Å². The van der Waals surface area contributed by atoms with Gasteiger partial charge < -0.3 is 0 Å². The Hall–Kier alpha value is -0.810. The molecule has 0 fully saturated rings. The quantitative estimate of drug-likeness (QED) is 0.798. The number of sulfonamides is 1. The maximum Gasteiger partial charge on any atom is 0.284 e. The first kappa shape index (κ1) is 10.7. The van der Waals surface area contributed by atoms with Gasteiger partial charge in [-0.2, -0.15) is 12.8 Å². The maximum absolute atomic E-state index is 11.6. The Morgan fingerprint density at radius 3 is 2.80 bits per heavy atom. The average Bonchev–Trinajstić information content (AvgIpc) is 2.49. The number of thioether (sulfide) groups is 1. The standard InChI is InChI=1S/C10H11NO2S2/c1-2-7-14-10-8-5-3-4-6-9(8)15(12,13)11-10/h3-6H,2,7H2,1H3. The van der Waals surface area contributed by atoms with Gasteiger partial charge in [0, 0.05) is 5.56 Å². The Labute approximate surface area is 93.7 Å².